The lowest BCUT2D eigenvalue weighted by Crippen LogP contribution is -2.61. The number of aromatic nitrogens is 1. The number of hydrogen-bond donors (Lipinski definition) is 0. The van der Waals surface area contributed by atoms with Crippen molar-refractivity contribution < 1.29 is 18.8 Å². The number of amides is 1. The summed E-state index contributed by atoms with van der Waals surface area (Å²) in [7, 11) is 0. The molecule has 0 unspecified atom stereocenters. The Morgan fingerprint density at radius 1 is 1.45 bits per heavy atom. The standard InChI is InChI=1S/C15H23N3O4/c1-3-17-6-5-12-11(10-17)18(7-8-21-12)15(19)13-9-14(16-22-13)20-4-2/h9,11-12H,3-8,10H2,1-2H3/t11-,12+/m0/s1. The molecule has 122 valence electrons. The maximum atomic E-state index is 12.7. The molecule has 22 heavy (non-hydrogen) atoms. The summed E-state index contributed by atoms with van der Waals surface area (Å²) < 4.78 is 16.2. The highest BCUT2D eigenvalue weighted by Gasteiger charge is 2.40. The Hall–Kier alpha value is -1.60. The van der Waals surface area contributed by atoms with Gasteiger partial charge in [-0.25, -0.2) is 0 Å². The minimum Gasteiger partial charge on any atom is -0.476 e. The number of morpholine rings is 1. The molecule has 0 bridgehead atoms. The minimum atomic E-state index is -0.130. The molecule has 1 aromatic heterocycles. The van der Waals surface area contributed by atoms with E-state index in [1.165, 1.54) is 0 Å². The third-order valence-electron chi connectivity index (χ3n) is 4.37. The van der Waals surface area contributed by atoms with Gasteiger partial charge in [-0.05, 0) is 25.0 Å². The summed E-state index contributed by atoms with van der Waals surface area (Å²) in [6.07, 6.45) is 1.08. The van der Waals surface area contributed by atoms with Gasteiger partial charge in [0.2, 0.25) is 5.76 Å². The van der Waals surface area contributed by atoms with E-state index in [4.69, 9.17) is 14.0 Å². The van der Waals surface area contributed by atoms with Crippen molar-refractivity contribution in [1.82, 2.24) is 15.0 Å². The predicted octanol–water partition coefficient (Wildman–Crippen LogP) is 1.01. The number of nitrogens with zero attached hydrogens (tertiary/aromatic N) is 3. The number of rotatable bonds is 4. The first-order valence-electron chi connectivity index (χ1n) is 7.97. The lowest BCUT2D eigenvalue weighted by atomic mass is 9.98. The minimum absolute atomic E-state index is 0.0793. The Morgan fingerprint density at radius 3 is 3.09 bits per heavy atom. The molecule has 3 rings (SSSR count). The summed E-state index contributed by atoms with van der Waals surface area (Å²) in [6, 6.07) is 1.65. The van der Waals surface area contributed by atoms with Gasteiger partial charge in [0.1, 0.15) is 0 Å². The van der Waals surface area contributed by atoms with Gasteiger partial charge in [0, 0.05) is 19.6 Å². The van der Waals surface area contributed by atoms with Crippen LogP contribution in [-0.2, 0) is 4.74 Å². The molecule has 0 aromatic carbocycles. The zero-order chi connectivity index (χ0) is 15.5. The third-order valence-corrected chi connectivity index (χ3v) is 4.37. The highest BCUT2D eigenvalue weighted by atomic mass is 16.5. The quantitative estimate of drug-likeness (QED) is 0.827. The number of hydrogen-bond acceptors (Lipinski definition) is 6. The average molecular weight is 309 g/mol. The van der Waals surface area contributed by atoms with Gasteiger partial charge in [0.25, 0.3) is 11.8 Å². The van der Waals surface area contributed by atoms with E-state index in [1.54, 1.807) is 6.07 Å². The molecule has 0 saturated carbocycles. The van der Waals surface area contributed by atoms with Crippen LogP contribution in [0.4, 0.5) is 0 Å². The van der Waals surface area contributed by atoms with Gasteiger partial charge in [0.15, 0.2) is 0 Å². The van der Waals surface area contributed by atoms with Crippen molar-refractivity contribution >= 4 is 5.91 Å². The fourth-order valence-corrected chi connectivity index (χ4v) is 3.19. The van der Waals surface area contributed by atoms with E-state index >= 15 is 0 Å². The van der Waals surface area contributed by atoms with Crippen LogP contribution in [0, 0.1) is 0 Å². The van der Waals surface area contributed by atoms with Gasteiger partial charge in [-0.2, -0.15) is 0 Å². The van der Waals surface area contributed by atoms with E-state index in [1.807, 2.05) is 11.8 Å². The molecular weight excluding hydrogens is 286 g/mol. The fourth-order valence-electron chi connectivity index (χ4n) is 3.19. The largest absolute Gasteiger partial charge is 0.476 e. The summed E-state index contributed by atoms with van der Waals surface area (Å²) >= 11 is 0. The highest BCUT2D eigenvalue weighted by molar-refractivity contribution is 5.92. The Balaban J connectivity index is 1.74. The zero-order valence-electron chi connectivity index (χ0n) is 13.2. The van der Waals surface area contributed by atoms with Crippen LogP contribution in [0.5, 0.6) is 5.88 Å². The second kappa shape index (κ2) is 6.66. The Labute approximate surface area is 130 Å². The number of fused-ring (bicyclic) bond motifs is 1. The first-order valence-corrected chi connectivity index (χ1v) is 7.97. The SMILES string of the molecule is CCOc1cc(C(=O)N2CCO[C@@H]3CCN(CC)C[C@@H]32)on1. The second-order valence-electron chi connectivity index (χ2n) is 5.62. The normalized spacial score (nSPS) is 25.8. The van der Waals surface area contributed by atoms with Crippen molar-refractivity contribution in [2.45, 2.75) is 32.4 Å². The summed E-state index contributed by atoms with van der Waals surface area (Å²) in [6.45, 7) is 8.52. The zero-order valence-corrected chi connectivity index (χ0v) is 13.2. The van der Waals surface area contributed by atoms with E-state index in [-0.39, 0.29) is 23.8 Å². The van der Waals surface area contributed by atoms with Gasteiger partial charge >= 0.3 is 0 Å². The maximum Gasteiger partial charge on any atom is 0.293 e. The predicted molar refractivity (Wildman–Crippen MR) is 79.0 cm³/mol. The molecule has 2 fully saturated rings. The Bertz CT molecular complexity index is 519. The summed E-state index contributed by atoms with van der Waals surface area (Å²) in [5.41, 5.74) is 0. The van der Waals surface area contributed by atoms with E-state index < -0.39 is 0 Å². The van der Waals surface area contributed by atoms with Crippen molar-refractivity contribution in [2.75, 3.05) is 39.4 Å². The van der Waals surface area contributed by atoms with Gasteiger partial charge in [0.05, 0.1) is 31.4 Å². The molecule has 1 aromatic rings. The number of ether oxygens (including phenoxy) is 2. The maximum absolute atomic E-state index is 12.7. The molecule has 0 radical (unpaired) electrons. The van der Waals surface area contributed by atoms with Gasteiger partial charge in [-0.1, -0.05) is 6.92 Å². The third kappa shape index (κ3) is 2.96. The van der Waals surface area contributed by atoms with Crippen molar-refractivity contribution in [3.8, 4) is 5.88 Å². The van der Waals surface area contributed by atoms with E-state index in [2.05, 4.69) is 17.0 Å². The van der Waals surface area contributed by atoms with Crippen LogP contribution in [0.15, 0.2) is 10.6 Å². The molecule has 1 amide bonds. The molecule has 2 saturated heterocycles. The Kier molecular flexibility index (Phi) is 4.63. The number of carbonyl (C=O) groups is 1. The highest BCUT2D eigenvalue weighted by Crippen LogP contribution is 2.25. The molecule has 2 atom stereocenters. The van der Waals surface area contributed by atoms with Crippen molar-refractivity contribution in [1.29, 1.82) is 0 Å². The van der Waals surface area contributed by atoms with E-state index in [0.717, 1.165) is 26.1 Å². The lowest BCUT2D eigenvalue weighted by molar-refractivity contribution is -0.0902. The first kappa shape index (κ1) is 15.3. The van der Waals surface area contributed by atoms with Crippen LogP contribution in [0.1, 0.15) is 30.8 Å². The van der Waals surface area contributed by atoms with Crippen LogP contribution in [0.3, 0.4) is 0 Å². The van der Waals surface area contributed by atoms with Gasteiger partial charge < -0.3 is 23.8 Å². The number of likely N-dealkylation sites (tertiary alicyclic amines) is 1. The molecule has 0 spiro atoms. The van der Waals surface area contributed by atoms with Crippen LogP contribution in [0.25, 0.3) is 0 Å². The van der Waals surface area contributed by atoms with E-state index in [9.17, 15) is 4.79 Å². The average Bonchev–Trinajstić information content (AvgIpc) is 3.02. The molecule has 7 nitrogen and oxygen atoms in total. The van der Waals surface area contributed by atoms with Crippen LogP contribution >= 0.6 is 0 Å². The van der Waals surface area contributed by atoms with Crippen LogP contribution in [-0.4, -0.2) is 72.4 Å². The monoisotopic (exact) mass is 309 g/mol. The molecular formula is C15H23N3O4. The lowest BCUT2D eigenvalue weighted by Gasteiger charge is -2.46. The molecule has 7 heteroatoms. The molecule has 0 N–H and O–H groups in total. The smallest absolute Gasteiger partial charge is 0.293 e. The second-order valence-corrected chi connectivity index (χ2v) is 5.62. The van der Waals surface area contributed by atoms with Crippen molar-refractivity contribution in [3.05, 3.63) is 11.8 Å². The van der Waals surface area contributed by atoms with Gasteiger partial charge in [-0.3, -0.25) is 4.79 Å². The summed E-state index contributed by atoms with van der Waals surface area (Å²) in [5, 5.41) is 3.77. The number of likely N-dealkylation sites (N-methyl/N-ethyl adjacent to an activating group) is 1. The van der Waals surface area contributed by atoms with Crippen molar-refractivity contribution in [2.24, 2.45) is 0 Å². The van der Waals surface area contributed by atoms with Crippen LogP contribution in [0.2, 0.25) is 0 Å². The topological polar surface area (TPSA) is 68.0 Å². The molecule has 2 aliphatic heterocycles. The summed E-state index contributed by atoms with van der Waals surface area (Å²) in [4.78, 5) is 16.9. The molecule has 3 heterocycles. The van der Waals surface area contributed by atoms with Crippen molar-refractivity contribution in [3.63, 3.8) is 0 Å². The fraction of sp³-hybridized carbons (Fsp3) is 0.733. The van der Waals surface area contributed by atoms with Gasteiger partial charge in [-0.15, -0.1) is 0 Å². The Morgan fingerprint density at radius 2 is 2.32 bits per heavy atom. The van der Waals surface area contributed by atoms with Crippen LogP contribution < -0.4 is 4.74 Å². The number of piperidine rings is 1. The molecule has 0 aliphatic carbocycles. The first-order chi connectivity index (χ1) is 10.7. The van der Waals surface area contributed by atoms with E-state index in [0.29, 0.717) is 25.6 Å². The number of carbonyl (C=O) groups excluding carboxylic acids is 1. The summed E-state index contributed by atoms with van der Waals surface area (Å²) in [5.74, 6) is 0.460. The molecule has 2 aliphatic rings.